The van der Waals surface area contributed by atoms with Gasteiger partial charge in [0.25, 0.3) is 0 Å². The topological polar surface area (TPSA) is 52.6 Å². The molecule has 5 heteroatoms. The predicted molar refractivity (Wildman–Crippen MR) is 80.4 cm³/mol. The van der Waals surface area contributed by atoms with Gasteiger partial charge in [-0.1, -0.05) is 18.8 Å². The predicted octanol–water partition coefficient (Wildman–Crippen LogP) is 1.19. The second kappa shape index (κ2) is 7.44. The van der Waals surface area contributed by atoms with Gasteiger partial charge >= 0.3 is 0 Å². The van der Waals surface area contributed by atoms with Gasteiger partial charge in [-0.15, -0.1) is 11.3 Å². The van der Waals surface area contributed by atoms with Crippen LogP contribution >= 0.6 is 11.3 Å². The minimum absolute atomic E-state index is 0.110. The molecule has 108 valence electrons. The van der Waals surface area contributed by atoms with Crippen molar-refractivity contribution in [2.24, 2.45) is 0 Å². The van der Waals surface area contributed by atoms with Crippen LogP contribution in [0.15, 0.2) is 11.4 Å². The quantitative estimate of drug-likeness (QED) is 0.802. The van der Waals surface area contributed by atoms with Gasteiger partial charge in [-0.3, -0.25) is 4.79 Å². The third-order valence-corrected chi connectivity index (χ3v) is 4.18. The number of rotatable bonds is 5. The van der Waals surface area contributed by atoms with Crippen LogP contribution in [0.5, 0.6) is 0 Å². The Morgan fingerprint density at radius 1 is 1.60 bits per heavy atom. The van der Waals surface area contributed by atoms with Crippen LogP contribution < -0.4 is 5.32 Å². The first-order chi connectivity index (χ1) is 9.72. The lowest BCUT2D eigenvalue weighted by molar-refractivity contribution is -0.127. The standard InChI is InChI=1S/C15H20N2O2S/c1-2-5-17-10-13(8-15(17)19)16-9-14-7-12(11-20-14)4-3-6-18/h7,11,13,16,18H,2,5-6,8-10H2,1H3. The Morgan fingerprint density at radius 3 is 3.20 bits per heavy atom. The summed E-state index contributed by atoms with van der Waals surface area (Å²) in [6.07, 6.45) is 1.61. The summed E-state index contributed by atoms with van der Waals surface area (Å²) in [4.78, 5) is 14.9. The highest BCUT2D eigenvalue weighted by molar-refractivity contribution is 7.10. The van der Waals surface area contributed by atoms with Gasteiger partial charge in [0.15, 0.2) is 0 Å². The van der Waals surface area contributed by atoms with Crippen LogP contribution in [-0.2, 0) is 11.3 Å². The van der Waals surface area contributed by atoms with Crippen molar-refractivity contribution >= 4 is 17.2 Å². The van der Waals surface area contributed by atoms with E-state index in [1.165, 1.54) is 4.88 Å². The van der Waals surface area contributed by atoms with Crippen molar-refractivity contribution in [2.75, 3.05) is 19.7 Å². The van der Waals surface area contributed by atoms with Crippen LogP contribution in [0.25, 0.3) is 0 Å². The van der Waals surface area contributed by atoms with Gasteiger partial charge in [-0.25, -0.2) is 0 Å². The van der Waals surface area contributed by atoms with Crippen LogP contribution in [0.2, 0.25) is 0 Å². The van der Waals surface area contributed by atoms with Gasteiger partial charge in [0, 0.05) is 47.9 Å². The monoisotopic (exact) mass is 292 g/mol. The van der Waals surface area contributed by atoms with E-state index in [2.05, 4.69) is 24.1 Å². The summed E-state index contributed by atoms with van der Waals surface area (Å²) in [5.74, 6) is 5.79. The zero-order valence-corrected chi connectivity index (χ0v) is 12.5. The zero-order chi connectivity index (χ0) is 14.4. The maximum Gasteiger partial charge on any atom is 0.224 e. The number of aliphatic hydroxyl groups is 1. The highest BCUT2D eigenvalue weighted by atomic mass is 32.1. The van der Waals surface area contributed by atoms with E-state index in [0.717, 1.165) is 31.6 Å². The second-order valence-electron chi connectivity index (χ2n) is 4.88. The molecule has 0 aromatic carbocycles. The number of nitrogens with one attached hydrogen (secondary N) is 1. The van der Waals surface area contributed by atoms with Crippen molar-refractivity contribution < 1.29 is 9.90 Å². The number of aliphatic hydroxyl groups excluding tert-OH is 1. The molecule has 1 unspecified atom stereocenters. The van der Waals surface area contributed by atoms with Gasteiger partial charge in [0.1, 0.15) is 6.61 Å². The average Bonchev–Trinajstić information content (AvgIpc) is 3.02. The normalized spacial score (nSPS) is 18.2. The maximum atomic E-state index is 11.8. The number of thiophene rings is 1. The summed E-state index contributed by atoms with van der Waals surface area (Å²) in [5.41, 5.74) is 0.941. The lowest BCUT2D eigenvalue weighted by Crippen LogP contribution is -2.32. The van der Waals surface area contributed by atoms with E-state index >= 15 is 0 Å². The third kappa shape index (κ3) is 4.07. The molecule has 0 radical (unpaired) electrons. The minimum atomic E-state index is -0.110. The summed E-state index contributed by atoms with van der Waals surface area (Å²) in [7, 11) is 0. The van der Waals surface area contributed by atoms with Crippen LogP contribution in [0.3, 0.4) is 0 Å². The summed E-state index contributed by atoms with van der Waals surface area (Å²) in [6.45, 7) is 4.42. The lowest BCUT2D eigenvalue weighted by atomic mass is 10.2. The van der Waals surface area contributed by atoms with Crippen molar-refractivity contribution in [3.63, 3.8) is 0 Å². The Bertz CT molecular complexity index is 515. The summed E-state index contributed by atoms with van der Waals surface area (Å²) < 4.78 is 0. The molecule has 20 heavy (non-hydrogen) atoms. The minimum Gasteiger partial charge on any atom is -0.384 e. The summed E-state index contributed by atoms with van der Waals surface area (Å²) >= 11 is 1.65. The molecule has 1 atom stereocenters. The number of nitrogens with zero attached hydrogens (tertiary/aromatic N) is 1. The van der Waals surface area contributed by atoms with Gasteiger partial charge in [-0.2, -0.15) is 0 Å². The van der Waals surface area contributed by atoms with E-state index in [9.17, 15) is 4.79 Å². The fourth-order valence-corrected chi connectivity index (χ4v) is 3.09. The number of amides is 1. The first kappa shape index (κ1) is 15.0. The number of hydrogen-bond acceptors (Lipinski definition) is 4. The summed E-state index contributed by atoms with van der Waals surface area (Å²) in [5, 5.41) is 14.1. The molecule has 2 N–H and O–H groups in total. The largest absolute Gasteiger partial charge is 0.384 e. The molecule has 1 saturated heterocycles. The number of likely N-dealkylation sites (tertiary alicyclic amines) is 1. The lowest BCUT2D eigenvalue weighted by Gasteiger charge is -2.15. The Balaban J connectivity index is 1.81. The fraction of sp³-hybridized carbons (Fsp3) is 0.533. The molecular formula is C15H20N2O2S. The molecular weight excluding hydrogens is 272 g/mol. The van der Waals surface area contributed by atoms with E-state index in [0.29, 0.717) is 6.42 Å². The number of hydrogen-bond donors (Lipinski definition) is 2. The molecule has 0 bridgehead atoms. The Morgan fingerprint density at radius 2 is 2.45 bits per heavy atom. The molecule has 1 aromatic heterocycles. The Labute approximate surface area is 123 Å². The molecule has 4 nitrogen and oxygen atoms in total. The third-order valence-electron chi connectivity index (χ3n) is 3.24. The van der Waals surface area contributed by atoms with Gasteiger partial charge in [0.05, 0.1) is 0 Å². The van der Waals surface area contributed by atoms with E-state index in [1.54, 1.807) is 11.3 Å². The van der Waals surface area contributed by atoms with Gasteiger partial charge in [-0.05, 0) is 12.5 Å². The van der Waals surface area contributed by atoms with Crippen LogP contribution in [0.4, 0.5) is 0 Å². The average molecular weight is 292 g/mol. The smallest absolute Gasteiger partial charge is 0.224 e. The Kier molecular flexibility index (Phi) is 5.60. The fourth-order valence-electron chi connectivity index (χ4n) is 2.32. The molecule has 2 heterocycles. The summed E-state index contributed by atoms with van der Waals surface area (Å²) in [6, 6.07) is 2.28. The van der Waals surface area contributed by atoms with Crippen LogP contribution in [0.1, 0.15) is 30.2 Å². The molecule has 0 spiro atoms. The van der Waals surface area contributed by atoms with Gasteiger partial charge < -0.3 is 15.3 Å². The van der Waals surface area contributed by atoms with E-state index < -0.39 is 0 Å². The molecule has 0 aliphatic carbocycles. The Hall–Kier alpha value is -1.35. The highest BCUT2D eigenvalue weighted by Gasteiger charge is 2.28. The molecule has 1 amide bonds. The van der Waals surface area contributed by atoms with Crippen molar-refractivity contribution in [3.05, 3.63) is 21.9 Å². The molecule has 1 aliphatic heterocycles. The van der Waals surface area contributed by atoms with E-state index in [4.69, 9.17) is 5.11 Å². The van der Waals surface area contributed by atoms with E-state index in [1.807, 2.05) is 16.3 Å². The first-order valence-corrected chi connectivity index (χ1v) is 7.79. The van der Waals surface area contributed by atoms with Crippen molar-refractivity contribution in [1.82, 2.24) is 10.2 Å². The first-order valence-electron chi connectivity index (χ1n) is 6.91. The SMILES string of the molecule is CCCN1CC(NCc2cc(C#CCO)cs2)CC1=O. The van der Waals surface area contributed by atoms with E-state index in [-0.39, 0.29) is 18.6 Å². The van der Waals surface area contributed by atoms with Crippen molar-refractivity contribution in [1.29, 1.82) is 0 Å². The maximum absolute atomic E-state index is 11.8. The number of carbonyl (C=O) groups is 1. The van der Waals surface area contributed by atoms with Crippen LogP contribution in [0, 0.1) is 11.8 Å². The molecule has 0 saturated carbocycles. The zero-order valence-electron chi connectivity index (χ0n) is 11.7. The molecule has 1 aromatic rings. The molecule has 2 rings (SSSR count). The number of carbonyl (C=O) groups excluding carboxylic acids is 1. The highest BCUT2D eigenvalue weighted by Crippen LogP contribution is 2.16. The molecule has 1 aliphatic rings. The second-order valence-corrected chi connectivity index (χ2v) is 5.88. The van der Waals surface area contributed by atoms with Gasteiger partial charge in [0.2, 0.25) is 5.91 Å². The van der Waals surface area contributed by atoms with Crippen molar-refractivity contribution in [3.8, 4) is 11.8 Å². The van der Waals surface area contributed by atoms with Crippen molar-refractivity contribution in [2.45, 2.75) is 32.4 Å². The molecule has 1 fully saturated rings. The van der Waals surface area contributed by atoms with Crippen LogP contribution in [-0.4, -0.2) is 41.7 Å².